The lowest BCUT2D eigenvalue weighted by atomic mass is 10.1. The van der Waals surface area contributed by atoms with E-state index in [1.807, 2.05) is 0 Å². The highest BCUT2D eigenvalue weighted by Gasteiger charge is 2.21. The number of rotatable bonds is 4. The van der Waals surface area contributed by atoms with Gasteiger partial charge in [0.25, 0.3) is 5.91 Å². The van der Waals surface area contributed by atoms with Crippen molar-refractivity contribution < 1.29 is 23.6 Å². The summed E-state index contributed by atoms with van der Waals surface area (Å²) in [6.07, 6.45) is -0.847. The molecule has 0 fully saturated rings. The largest absolute Gasteiger partial charge is 0.392 e. The Balaban J connectivity index is 3.01. The van der Waals surface area contributed by atoms with E-state index in [-0.39, 0.29) is 6.54 Å². The van der Waals surface area contributed by atoms with Crippen LogP contribution in [0.1, 0.15) is 17.3 Å². The summed E-state index contributed by atoms with van der Waals surface area (Å²) in [7, 11) is 0. The summed E-state index contributed by atoms with van der Waals surface area (Å²) in [5.41, 5.74) is -1.70. The number of aliphatic hydroxyl groups excluding tert-OH is 1. The zero-order chi connectivity index (χ0) is 13.9. The van der Waals surface area contributed by atoms with Gasteiger partial charge >= 0.3 is 5.69 Å². The Morgan fingerprint density at radius 3 is 2.61 bits per heavy atom. The number of carbonyl (C=O) groups is 1. The topological polar surface area (TPSA) is 92.5 Å². The number of nitrogens with zero attached hydrogens (tertiary/aromatic N) is 1. The second-order valence-corrected chi connectivity index (χ2v) is 3.60. The van der Waals surface area contributed by atoms with Crippen LogP contribution >= 0.6 is 0 Å². The van der Waals surface area contributed by atoms with Gasteiger partial charge in [0.1, 0.15) is 5.82 Å². The fourth-order valence-corrected chi connectivity index (χ4v) is 1.19. The number of hydrogen-bond acceptors (Lipinski definition) is 4. The summed E-state index contributed by atoms with van der Waals surface area (Å²) in [6, 6.07) is 0.789. The molecule has 0 aliphatic rings. The van der Waals surface area contributed by atoms with E-state index in [1.165, 1.54) is 6.92 Å². The molecule has 0 aliphatic heterocycles. The van der Waals surface area contributed by atoms with Crippen LogP contribution in [-0.2, 0) is 0 Å². The van der Waals surface area contributed by atoms with Crippen molar-refractivity contribution in [1.29, 1.82) is 0 Å². The Hall–Kier alpha value is -2.09. The third kappa shape index (κ3) is 3.20. The predicted octanol–water partition coefficient (Wildman–Crippen LogP) is 0.984. The molecule has 6 nitrogen and oxygen atoms in total. The lowest BCUT2D eigenvalue weighted by Crippen LogP contribution is -2.31. The molecule has 0 heterocycles. The Labute approximate surface area is 100 Å². The first kappa shape index (κ1) is 14.0. The van der Waals surface area contributed by atoms with Crippen molar-refractivity contribution in [2.75, 3.05) is 6.54 Å². The first-order valence-corrected chi connectivity index (χ1v) is 4.92. The van der Waals surface area contributed by atoms with E-state index in [1.54, 1.807) is 0 Å². The highest BCUT2D eigenvalue weighted by molar-refractivity contribution is 5.94. The Bertz CT molecular complexity index is 491. The molecule has 1 amide bonds. The summed E-state index contributed by atoms with van der Waals surface area (Å²) in [6.45, 7) is 1.25. The molecule has 0 saturated heterocycles. The van der Waals surface area contributed by atoms with Gasteiger partial charge in [0.2, 0.25) is 5.82 Å². The van der Waals surface area contributed by atoms with Crippen molar-refractivity contribution in [2.24, 2.45) is 0 Å². The summed E-state index contributed by atoms with van der Waals surface area (Å²) < 4.78 is 26.6. The maximum atomic E-state index is 13.4. The van der Waals surface area contributed by atoms with E-state index in [2.05, 4.69) is 5.32 Å². The smallest absolute Gasteiger partial charge is 0.307 e. The quantitative estimate of drug-likeness (QED) is 0.623. The summed E-state index contributed by atoms with van der Waals surface area (Å²) in [5.74, 6) is -3.46. The van der Waals surface area contributed by atoms with Crippen LogP contribution in [0.2, 0.25) is 0 Å². The lowest BCUT2D eigenvalue weighted by molar-refractivity contribution is -0.387. The molecule has 0 aromatic heterocycles. The first-order chi connectivity index (χ1) is 8.32. The molecule has 98 valence electrons. The number of aliphatic hydroxyl groups is 1. The summed E-state index contributed by atoms with van der Waals surface area (Å²) in [4.78, 5) is 20.7. The van der Waals surface area contributed by atoms with Crippen LogP contribution in [0.4, 0.5) is 14.5 Å². The van der Waals surface area contributed by atoms with Crippen molar-refractivity contribution >= 4 is 11.6 Å². The van der Waals surface area contributed by atoms with Crippen LogP contribution < -0.4 is 5.32 Å². The zero-order valence-electron chi connectivity index (χ0n) is 9.31. The molecular weight excluding hydrogens is 250 g/mol. The second kappa shape index (κ2) is 5.50. The molecule has 1 atom stereocenters. The minimum absolute atomic E-state index is 0.142. The fraction of sp³-hybridized carbons (Fsp3) is 0.300. The normalized spacial score (nSPS) is 12.0. The molecule has 0 radical (unpaired) electrons. The van der Waals surface area contributed by atoms with E-state index >= 15 is 0 Å². The van der Waals surface area contributed by atoms with Crippen LogP contribution in [0, 0.1) is 21.7 Å². The number of benzene rings is 1. The van der Waals surface area contributed by atoms with Gasteiger partial charge in [-0.3, -0.25) is 14.9 Å². The SMILES string of the molecule is C[C@H](O)CNC(=O)c1cc(F)c([N+](=O)[O-])cc1F. The maximum Gasteiger partial charge on any atom is 0.307 e. The Kier molecular flexibility index (Phi) is 4.27. The van der Waals surface area contributed by atoms with Crippen molar-refractivity contribution in [3.05, 3.63) is 39.4 Å². The van der Waals surface area contributed by atoms with Gasteiger partial charge in [-0.1, -0.05) is 0 Å². The van der Waals surface area contributed by atoms with Crippen LogP contribution in [0.3, 0.4) is 0 Å². The molecule has 1 aromatic carbocycles. The van der Waals surface area contributed by atoms with Crippen LogP contribution in [0.15, 0.2) is 12.1 Å². The minimum atomic E-state index is -1.30. The van der Waals surface area contributed by atoms with Crippen LogP contribution in [0.25, 0.3) is 0 Å². The number of nitro benzene ring substituents is 1. The average Bonchev–Trinajstić information content (AvgIpc) is 2.28. The van der Waals surface area contributed by atoms with Gasteiger partial charge in [-0.25, -0.2) is 4.39 Å². The van der Waals surface area contributed by atoms with Crippen molar-refractivity contribution in [3.8, 4) is 0 Å². The number of carbonyl (C=O) groups excluding carboxylic acids is 1. The molecule has 0 spiro atoms. The third-order valence-corrected chi connectivity index (χ3v) is 2.04. The molecule has 18 heavy (non-hydrogen) atoms. The van der Waals surface area contributed by atoms with Gasteiger partial charge in [0.15, 0.2) is 0 Å². The Morgan fingerprint density at radius 1 is 1.50 bits per heavy atom. The highest BCUT2D eigenvalue weighted by atomic mass is 19.1. The van der Waals surface area contributed by atoms with Crippen molar-refractivity contribution in [2.45, 2.75) is 13.0 Å². The van der Waals surface area contributed by atoms with Gasteiger partial charge in [-0.2, -0.15) is 4.39 Å². The van der Waals surface area contributed by atoms with Gasteiger partial charge in [-0.15, -0.1) is 0 Å². The van der Waals surface area contributed by atoms with Gasteiger partial charge < -0.3 is 10.4 Å². The molecule has 0 bridgehead atoms. The van der Waals surface area contributed by atoms with Crippen LogP contribution in [0.5, 0.6) is 0 Å². The number of nitro groups is 1. The van der Waals surface area contributed by atoms with Gasteiger partial charge in [-0.05, 0) is 13.0 Å². The molecule has 0 saturated carbocycles. The maximum absolute atomic E-state index is 13.4. The third-order valence-electron chi connectivity index (χ3n) is 2.04. The Morgan fingerprint density at radius 2 is 2.11 bits per heavy atom. The molecule has 1 rings (SSSR count). The average molecular weight is 260 g/mol. The number of amides is 1. The van der Waals surface area contributed by atoms with Gasteiger partial charge in [0.05, 0.1) is 22.7 Å². The van der Waals surface area contributed by atoms with Crippen LogP contribution in [-0.4, -0.2) is 28.6 Å². The van der Waals surface area contributed by atoms with E-state index in [0.29, 0.717) is 12.1 Å². The second-order valence-electron chi connectivity index (χ2n) is 3.60. The van der Waals surface area contributed by atoms with E-state index in [0.717, 1.165) is 0 Å². The number of halogens is 2. The molecule has 2 N–H and O–H groups in total. The predicted molar refractivity (Wildman–Crippen MR) is 57.0 cm³/mol. The molecule has 8 heteroatoms. The zero-order valence-corrected chi connectivity index (χ0v) is 9.31. The van der Waals surface area contributed by atoms with E-state index in [4.69, 9.17) is 5.11 Å². The lowest BCUT2D eigenvalue weighted by Gasteiger charge is -2.07. The van der Waals surface area contributed by atoms with E-state index in [9.17, 15) is 23.7 Å². The molecular formula is C10H10F2N2O4. The summed E-state index contributed by atoms with van der Waals surface area (Å²) >= 11 is 0. The standard InChI is InChI=1S/C10H10F2N2O4/c1-5(15)4-13-10(16)6-2-8(12)9(14(17)18)3-7(6)11/h2-3,5,15H,4H2,1H3,(H,13,16)/t5-/m0/s1. The first-order valence-electron chi connectivity index (χ1n) is 4.92. The van der Waals surface area contributed by atoms with Crippen molar-refractivity contribution in [3.63, 3.8) is 0 Å². The van der Waals surface area contributed by atoms with Crippen molar-refractivity contribution in [1.82, 2.24) is 5.32 Å². The highest BCUT2D eigenvalue weighted by Crippen LogP contribution is 2.21. The monoisotopic (exact) mass is 260 g/mol. The molecule has 0 aliphatic carbocycles. The van der Waals surface area contributed by atoms with E-state index < -0.39 is 39.8 Å². The number of nitrogens with one attached hydrogen (secondary N) is 1. The molecule has 1 aromatic rings. The molecule has 0 unspecified atom stereocenters. The number of hydrogen-bond donors (Lipinski definition) is 2. The summed E-state index contributed by atoms with van der Waals surface area (Å²) in [5, 5.41) is 21.4. The fourth-order valence-electron chi connectivity index (χ4n) is 1.19. The van der Waals surface area contributed by atoms with Gasteiger partial charge in [0, 0.05) is 6.54 Å². The minimum Gasteiger partial charge on any atom is -0.392 e.